The Hall–Kier alpha value is -1.63. The first-order valence-corrected chi connectivity index (χ1v) is 8.52. The molecule has 1 aliphatic rings. The van der Waals surface area contributed by atoms with Crippen LogP contribution in [0.15, 0.2) is 0 Å². The molecule has 1 fully saturated rings. The van der Waals surface area contributed by atoms with Crippen LogP contribution in [0.2, 0.25) is 0 Å². The highest BCUT2D eigenvalue weighted by atomic mass is 16.7. The maximum Gasteiger partial charge on any atom is 0.326 e. The third-order valence-corrected chi connectivity index (χ3v) is 4.38. The zero-order valence-electron chi connectivity index (χ0n) is 14.9. The molecule has 0 aromatic heterocycles. The predicted molar refractivity (Wildman–Crippen MR) is 86.7 cm³/mol. The van der Waals surface area contributed by atoms with Gasteiger partial charge in [0.15, 0.2) is 0 Å². The molecule has 1 aliphatic carbocycles. The summed E-state index contributed by atoms with van der Waals surface area (Å²) in [5.74, 6) is -2.82. The molecule has 7 nitrogen and oxygen atoms in total. The minimum absolute atomic E-state index is 0.110. The van der Waals surface area contributed by atoms with Crippen molar-refractivity contribution >= 4 is 17.9 Å². The molecule has 0 aliphatic heterocycles. The lowest BCUT2D eigenvalue weighted by Crippen LogP contribution is -2.44. The number of esters is 2. The number of hydrogen-bond acceptors (Lipinski definition) is 6. The summed E-state index contributed by atoms with van der Waals surface area (Å²) in [6.45, 7) is 6.98. The van der Waals surface area contributed by atoms with E-state index in [1.54, 1.807) is 27.7 Å². The lowest BCUT2D eigenvalue weighted by atomic mass is 9.79. The van der Waals surface area contributed by atoms with Crippen molar-refractivity contribution in [3.8, 4) is 0 Å². The van der Waals surface area contributed by atoms with Crippen LogP contribution in [0.3, 0.4) is 0 Å². The van der Waals surface area contributed by atoms with Gasteiger partial charge < -0.3 is 20.3 Å². The van der Waals surface area contributed by atoms with E-state index in [1.807, 2.05) is 0 Å². The Morgan fingerprint density at radius 3 is 1.88 bits per heavy atom. The largest absolute Gasteiger partial charge is 0.481 e. The van der Waals surface area contributed by atoms with Crippen LogP contribution in [0.25, 0.3) is 0 Å². The van der Waals surface area contributed by atoms with Gasteiger partial charge in [-0.25, -0.2) is 0 Å². The van der Waals surface area contributed by atoms with Crippen LogP contribution < -0.4 is 5.73 Å². The molecule has 0 saturated heterocycles. The Kier molecular flexibility index (Phi) is 7.66. The molecule has 3 N–H and O–H groups in total. The lowest BCUT2D eigenvalue weighted by molar-refractivity contribution is -0.199. The molecule has 0 radical (unpaired) electrons. The van der Waals surface area contributed by atoms with Gasteiger partial charge in [0.2, 0.25) is 6.29 Å². The zero-order valence-corrected chi connectivity index (χ0v) is 14.9. The number of carbonyl (C=O) groups is 3. The van der Waals surface area contributed by atoms with Crippen LogP contribution in [-0.4, -0.2) is 35.3 Å². The SMILES string of the molecule is CC(C)C(=O)OC(OC(=O)C(N)[C@H]1CC[C@H](C(=O)O)CC1)C(C)C. The highest BCUT2D eigenvalue weighted by Crippen LogP contribution is 2.31. The summed E-state index contributed by atoms with van der Waals surface area (Å²) >= 11 is 0. The Morgan fingerprint density at radius 2 is 1.46 bits per heavy atom. The van der Waals surface area contributed by atoms with E-state index in [-0.39, 0.29) is 23.7 Å². The third-order valence-electron chi connectivity index (χ3n) is 4.38. The Bertz CT molecular complexity index is 454. The molecule has 24 heavy (non-hydrogen) atoms. The first-order chi connectivity index (χ1) is 11.1. The Morgan fingerprint density at radius 1 is 0.958 bits per heavy atom. The van der Waals surface area contributed by atoms with Gasteiger partial charge in [-0.1, -0.05) is 27.7 Å². The number of hydrogen-bond donors (Lipinski definition) is 2. The highest BCUT2D eigenvalue weighted by Gasteiger charge is 2.34. The zero-order chi connectivity index (χ0) is 18.4. The molecule has 0 aromatic carbocycles. The fourth-order valence-corrected chi connectivity index (χ4v) is 2.66. The Labute approximate surface area is 142 Å². The molecule has 0 heterocycles. The van der Waals surface area contributed by atoms with E-state index in [0.29, 0.717) is 25.7 Å². The van der Waals surface area contributed by atoms with Crippen LogP contribution >= 0.6 is 0 Å². The van der Waals surface area contributed by atoms with Crippen molar-refractivity contribution < 1.29 is 29.0 Å². The number of carboxylic acids is 1. The summed E-state index contributed by atoms with van der Waals surface area (Å²) in [7, 11) is 0. The molecule has 0 spiro atoms. The summed E-state index contributed by atoms with van der Waals surface area (Å²) in [5, 5.41) is 9.01. The maximum atomic E-state index is 12.3. The van der Waals surface area contributed by atoms with Crippen LogP contribution in [0.1, 0.15) is 53.4 Å². The standard InChI is InChI=1S/C17H29NO6/c1-9(2)15(21)23-17(10(3)4)24-16(22)13(18)11-5-7-12(8-6-11)14(19)20/h9-13,17H,5-8,18H2,1-4H3,(H,19,20)/t11-,12-,13?,17?. The quantitative estimate of drug-likeness (QED) is 0.536. The fourth-order valence-electron chi connectivity index (χ4n) is 2.66. The minimum atomic E-state index is -0.964. The summed E-state index contributed by atoms with van der Waals surface area (Å²) < 4.78 is 10.5. The van der Waals surface area contributed by atoms with Crippen molar-refractivity contribution in [3.05, 3.63) is 0 Å². The number of nitrogens with two attached hydrogens (primary N) is 1. The highest BCUT2D eigenvalue weighted by molar-refractivity contribution is 5.77. The first kappa shape index (κ1) is 20.4. The second kappa shape index (κ2) is 9.01. The summed E-state index contributed by atoms with van der Waals surface area (Å²) in [5.41, 5.74) is 5.99. The molecule has 1 rings (SSSR count). The van der Waals surface area contributed by atoms with Crippen molar-refractivity contribution in [2.24, 2.45) is 29.4 Å². The smallest absolute Gasteiger partial charge is 0.326 e. The molecule has 0 aromatic rings. The number of carbonyl (C=O) groups excluding carboxylic acids is 2. The third kappa shape index (κ3) is 5.78. The van der Waals surface area contributed by atoms with Crippen LogP contribution in [0.5, 0.6) is 0 Å². The molecule has 0 bridgehead atoms. The number of rotatable bonds is 7. The molecular formula is C17H29NO6. The predicted octanol–water partition coefficient (Wildman–Crippen LogP) is 1.93. The van der Waals surface area contributed by atoms with Gasteiger partial charge in [0.1, 0.15) is 6.04 Å². The van der Waals surface area contributed by atoms with E-state index in [1.165, 1.54) is 0 Å². The lowest BCUT2D eigenvalue weighted by Gasteiger charge is -2.30. The van der Waals surface area contributed by atoms with E-state index in [4.69, 9.17) is 20.3 Å². The van der Waals surface area contributed by atoms with E-state index in [9.17, 15) is 14.4 Å². The van der Waals surface area contributed by atoms with Crippen molar-refractivity contribution in [2.45, 2.75) is 65.7 Å². The van der Waals surface area contributed by atoms with Crippen LogP contribution in [0.4, 0.5) is 0 Å². The second-order valence-corrected chi connectivity index (χ2v) is 7.12. The minimum Gasteiger partial charge on any atom is -0.481 e. The average Bonchev–Trinajstić information content (AvgIpc) is 2.53. The van der Waals surface area contributed by atoms with Crippen LogP contribution in [0, 0.1) is 23.7 Å². The van der Waals surface area contributed by atoms with Gasteiger partial charge in [-0.15, -0.1) is 0 Å². The molecular weight excluding hydrogens is 314 g/mol. The topological polar surface area (TPSA) is 116 Å². The normalized spacial score (nSPS) is 23.6. The van der Waals surface area contributed by atoms with Gasteiger partial charge in [-0.05, 0) is 31.6 Å². The van der Waals surface area contributed by atoms with Crippen molar-refractivity contribution in [1.29, 1.82) is 0 Å². The van der Waals surface area contributed by atoms with Gasteiger partial charge in [0.25, 0.3) is 0 Å². The molecule has 7 heteroatoms. The van der Waals surface area contributed by atoms with Gasteiger partial charge in [-0.2, -0.15) is 0 Å². The summed E-state index contributed by atoms with van der Waals surface area (Å²) in [4.78, 5) is 35.0. The second-order valence-electron chi connectivity index (χ2n) is 7.12. The van der Waals surface area contributed by atoms with Crippen LogP contribution in [-0.2, 0) is 23.9 Å². The number of ether oxygens (including phenoxy) is 2. The summed E-state index contributed by atoms with van der Waals surface area (Å²) in [6.07, 6.45) is 1.21. The fraction of sp³-hybridized carbons (Fsp3) is 0.824. The van der Waals surface area contributed by atoms with Crippen molar-refractivity contribution in [3.63, 3.8) is 0 Å². The molecule has 138 valence electrons. The molecule has 2 unspecified atom stereocenters. The Balaban J connectivity index is 2.58. The van der Waals surface area contributed by atoms with Crippen molar-refractivity contribution in [2.75, 3.05) is 0 Å². The van der Waals surface area contributed by atoms with E-state index in [2.05, 4.69) is 0 Å². The van der Waals surface area contributed by atoms with Gasteiger partial charge in [-0.3, -0.25) is 14.4 Å². The average molecular weight is 343 g/mol. The van der Waals surface area contributed by atoms with Gasteiger partial charge in [0.05, 0.1) is 11.8 Å². The molecule has 2 atom stereocenters. The molecule has 0 amide bonds. The van der Waals surface area contributed by atoms with Crippen molar-refractivity contribution in [1.82, 2.24) is 0 Å². The number of carboxylic acid groups (broad SMARTS) is 1. The monoisotopic (exact) mass is 343 g/mol. The summed E-state index contributed by atoms with van der Waals surface area (Å²) in [6, 6.07) is -0.834. The van der Waals surface area contributed by atoms with E-state index >= 15 is 0 Å². The van der Waals surface area contributed by atoms with Gasteiger partial charge in [0, 0.05) is 5.92 Å². The first-order valence-electron chi connectivity index (χ1n) is 8.52. The van der Waals surface area contributed by atoms with E-state index in [0.717, 1.165) is 0 Å². The maximum absolute atomic E-state index is 12.3. The van der Waals surface area contributed by atoms with Gasteiger partial charge >= 0.3 is 17.9 Å². The number of aliphatic carboxylic acids is 1. The van der Waals surface area contributed by atoms with E-state index < -0.39 is 30.2 Å². The molecule has 1 saturated carbocycles.